The molecule has 0 bridgehead atoms. The number of hydrogen-bond acceptors (Lipinski definition) is 8. The molecule has 0 saturated carbocycles. The van der Waals surface area contributed by atoms with Crippen molar-refractivity contribution in [1.29, 1.82) is 0 Å². The third-order valence-corrected chi connectivity index (χ3v) is 2.64. The van der Waals surface area contributed by atoms with Crippen molar-refractivity contribution in [3.8, 4) is 6.01 Å². The smallest absolute Gasteiger partial charge is 0.323 e. The molecule has 1 N–H and O–H groups in total. The van der Waals surface area contributed by atoms with Gasteiger partial charge in [-0.3, -0.25) is 0 Å². The topological polar surface area (TPSA) is 81.6 Å². The van der Waals surface area contributed by atoms with Gasteiger partial charge in [0, 0.05) is 27.2 Å². The fourth-order valence-electron chi connectivity index (χ4n) is 1.64. The molecule has 19 heavy (non-hydrogen) atoms. The van der Waals surface area contributed by atoms with Crippen LogP contribution in [-0.4, -0.2) is 68.6 Å². The van der Waals surface area contributed by atoms with E-state index in [1.54, 1.807) is 14.2 Å². The standard InChI is InChI=1S/C11H19N5O3/c1-12-9-13-10(16-3-5-18-6-4-16)15-11(14-9)19-8-7-17-2/h3-8H2,1-2H3,(H,12,13,14,15). The lowest BCUT2D eigenvalue weighted by molar-refractivity contribution is 0.121. The quantitative estimate of drug-likeness (QED) is 0.710. The molecule has 8 heteroatoms. The average Bonchev–Trinajstić information content (AvgIpc) is 2.48. The van der Waals surface area contributed by atoms with Crippen LogP contribution in [0.4, 0.5) is 11.9 Å². The van der Waals surface area contributed by atoms with Crippen molar-refractivity contribution in [2.75, 3.05) is 63.9 Å². The maximum absolute atomic E-state index is 5.44. The van der Waals surface area contributed by atoms with E-state index in [0.717, 1.165) is 13.1 Å². The first kappa shape index (κ1) is 13.8. The first-order chi connectivity index (χ1) is 9.33. The zero-order valence-corrected chi connectivity index (χ0v) is 11.3. The molecule has 1 saturated heterocycles. The SMILES string of the molecule is CNc1nc(OCCOC)nc(N2CCOCC2)n1. The molecule has 106 valence electrons. The first-order valence-corrected chi connectivity index (χ1v) is 6.21. The summed E-state index contributed by atoms with van der Waals surface area (Å²) in [6.07, 6.45) is 0. The Bertz CT molecular complexity index is 398. The first-order valence-electron chi connectivity index (χ1n) is 6.21. The highest BCUT2D eigenvalue weighted by atomic mass is 16.5. The molecule has 1 aliphatic rings. The van der Waals surface area contributed by atoms with Crippen molar-refractivity contribution in [2.45, 2.75) is 0 Å². The van der Waals surface area contributed by atoms with E-state index < -0.39 is 0 Å². The number of aromatic nitrogens is 3. The number of nitrogens with zero attached hydrogens (tertiary/aromatic N) is 4. The molecule has 0 aromatic carbocycles. The summed E-state index contributed by atoms with van der Waals surface area (Å²) in [5.41, 5.74) is 0. The zero-order valence-electron chi connectivity index (χ0n) is 11.3. The Labute approximate surface area is 112 Å². The van der Waals surface area contributed by atoms with Gasteiger partial charge in [-0.25, -0.2) is 0 Å². The summed E-state index contributed by atoms with van der Waals surface area (Å²) in [5.74, 6) is 1.10. The third-order valence-electron chi connectivity index (χ3n) is 2.64. The molecule has 0 unspecified atom stereocenters. The van der Waals surface area contributed by atoms with E-state index in [1.807, 2.05) is 0 Å². The van der Waals surface area contributed by atoms with Gasteiger partial charge in [0.2, 0.25) is 11.9 Å². The van der Waals surface area contributed by atoms with Crippen LogP contribution in [0.3, 0.4) is 0 Å². The largest absolute Gasteiger partial charge is 0.461 e. The summed E-state index contributed by atoms with van der Waals surface area (Å²) in [6, 6.07) is 0.304. The molecular weight excluding hydrogens is 250 g/mol. The van der Waals surface area contributed by atoms with E-state index >= 15 is 0 Å². The third kappa shape index (κ3) is 3.90. The maximum Gasteiger partial charge on any atom is 0.323 e. The Hall–Kier alpha value is -1.67. The van der Waals surface area contributed by atoms with Crippen molar-refractivity contribution in [3.63, 3.8) is 0 Å². The van der Waals surface area contributed by atoms with Crippen molar-refractivity contribution < 1.29 is 14.2 Å². The average molecular weight is 269 g/mol. The maximum atomic E-state index is 5.44. The number of hydrogen-bond donors (Lipinski definition) is 1. The lowest BCUT2D eigenvalue weighted by Crippen LogP contribution is -2.37. The Kier molecular flexibility index (Phi) is 5.10. The highest BCUT2D eigenvalue weighted by Gasteiger charge is 2.16. The van der Waals surface area contributed by atoms with E-state index in [9.17, 15) is 0 Å². The highest BCUT2D eigenvalue weighted by molar-refractivity contribution is 5.38. The van der Waals surface area contributed by atoms with Crippen LogP contribution in [0.1, 0.15) is 0 Å². The molecule has 0 spiro atoms. The van der Waals surface area contributed by atoms with Gasteiger partial charge in [-0.1, -0.05) is 0 Å². The van der Waals surface area contributed by atoms with Crippen molar-refractivity contribution in [1.82, 2.24) is 15.0 Å². The Morgan fingerprint density at radius 2 is 2.00 bits per heavy atom. The molecular formula is C11H19N5O3. The van der Waals surface area contributed by atoms with Crippen LogP contribution in [0.25, 0.3) is 0 Å². The van der Waals surface area contributed by atoms with Crippen LogP contribution in [0.2, 0.25) is 0 Å². The molecule has 1 aromatic rings. The molecule has 1 aromatic heterocycles. The summed E-state index contributed by atoms with van der Waals surface area (Å²) in [4.78, 5) is 14.8. The molecule has 2 rings (SSSR count). The summed E-state index contributed by atoms with van der Waals surface area (Å²) < 4.78 is 15.7. The molecule has 0 amide bonds. The number of rotatable bonds is 6. The lowest BCUT2D eigenvalue weighted by Gasteiger charge is -2.26. The fraction of sp³-hybridized carbons (Fsp3) is 0.727. The minimum atomic E-state index is 0.304. The van der Waals surface area contributed by atoms with Crippen LogP contribution in [0, 0.1) is 0 Å². The predicted molar refractivity (Wildman–Crippen MR) is 69.8 cm³/mol. The minimum absolute atomic E-state index is 0.304. The van der Waals surface area contributed by atoms with Crippen LogP contribution in [0.5, 0.6) is 6.01 Å². The van der Waals surface area contributed by atoms with Gasteiger partial charge in [0.05, 0.1) is 19.8 Å². The molecule has 2 heterocycles. The van der Waals surface area contributed by atoms with Crippen LogP contribution >= 0.6 is 0 Å². The fourth-order valence-corrected chi connectivity index (χ4v) is 1.64. The van der Waals surface area contributed by atoms with Crippen LogP contribution in [-0.2, 0) is 9.47 Å². The molecule has 8 nitrogen and oxygen atoms in total. The second-order valence-electron chi connectivity index (χ2n) is 3.93. The van der Waals surface area contributed by atoms with Gasteiger partial charge in [0.15, 0.2) is 0 Å². The lowest BCUT2D eigenvalue weighted by atomic mass is 10.4. The predicted octanol–water partition coefficient (Wildman–Crippen LogP) is -0.225. The molecule has 1 aliphatic heterocycles. The number of methoxy groups -OCH3 is 1. The Morgan fingerprint density at radius 3 is 2.68 bits per heavy atom. The van der Waals surface area contributed by atoms with Crippen molar-refractivity contribution >= 4 is 11.9 Å². The van der Waals surface area contributed by atoms with E-state index in [1.165, 1.54) is 0 Å². The zero-order chi connectivity index (χ0) is 13.5. The second-order valence-corrected chi connectivity index (χ2v) is 3.93. The normalized spacial score (nSPS) is 15.4. The van der Waals surface area contributed by atoms with Crippen molar-refractivity contribution in [2.24, 2.45) is 0 Å². The Morgan fingerprint density at radius 1 is 1.21 bits per heavy atom. The van der Waals surface area contributed by atoms with Crippen LogP contribution in [0.15, 0.2) is 0 Å². The van der Waals surface area contributed by atoms with E-state index in [-0.39, 0.29) is 0 Å². The van der Waals surface area contributed by atoms with Crippen molar-refractivity contribution in [3.05, 3.63) is 0 Å². The molecule has 0 radical (unpaired) electrons. The number of morpholine rings is 1. The second kappa shape index (κ2) is 7.05. The van der Waals surface area contributed by atoms with Gasteiger partial charge >= 0.3 is 6.01 Å². The molecule has 0 aliphatic carbocycles. The number of ether oxygens (including phenoxy) is 3. The van der Waals surface area contributed by atoms with Gasteiger partial charge in [-0.15, -0.1) is 0 Å². The highest BCUT2D eigenvalue weighted by Crippen LogP contribution is 2.15. The van der Waals surface area contributed by atoms with E-state index in [4.69, 9.17) is 14.2 Å². The number of anilines is 2. The summed E-state index contributed by atoms with van der Waals surface area (Å²) >= 11 is 0. The van der Waals surface area contributed by atoms with Gasteiger partial charge in [-0.2, -0.15) is 15.0 Å². The summed E-state index contributed by atoms with van der Waals surface area (Å²) in [7, 11) is 3.38. The van der Waals surface area contributed by atoms with Gasteiger partial charge in [0.25, 0.3) is 0 Å². The summed E-state index contributed by atoms with van der Waals surface area (Å²) in [6.45, 7) is 3.80. The van der Waals surface area contributed by atoms with Crippen LogP contribution < -0.4 is 15.0 Å². The molecule has 1 fully saturated rings. The number of nitrogens with one attached hydrogen (secondary N) is 1. The summed E-state index contributed by atoms with van der Waals surface area (Å²) in [5, 5.41) is 2.91. The van der Waals surface area contributed by atoms with Gasteiger partial charge in [-0.05, 0) is 0 Å². The molecule has 0 atom stereocenters. The Balaban J connectivity index is 2.10. The monoisotopic (exact) mass is 269 g/mol. The van der Waals surface area contributed by atoms with Gasteiger partial charge in [0.1, 0.15) is 6.61 Å². The van der Waals surface area contributed by atoms with E-state index in [0.29, 0.717) is 44.3 Å². The van der Waals surface area contributed by atoms with E-state index in [2.05, 4.69) is 25.2 Å². The minimum Gasteiger partial charge on any atom is -0.461 e. The van der Waals surface area contributed by atoms with Gasteiger partial charge < -0.3 is 24.4 Å².